The number of carbonyl (C=O) groups is 1. The van der Waals surface area contributed by atoms with Crippen LogP contribution in [0.3, 0.4) is 0 Å². The summed E-state index contributed by atoms with van der Waals surface area (Å²) in [5.74, 6) is 0. The molecule has 0 aliphatic rings. The average Bonchev–Trinajstić information content (AvgIpc) is 2.14. The first-order chi connectivity index (χ1) is 6.59. The van der Waals surface area contributed by atoms with Crippen molar-refractivity contribution in [2.45, 2.75) is 6.10 Å². The van der Waals surface area contributed by atoms with Crippen molar-refractivity contribution in [1.29, 1.82) is 0 Å². The van der Waals surface area contributed by atoms with Crippen molar-refractivity contribution in [3.63, 3.8) is 0 Å². The zero-order chi connectivity index (χ0) is 10.6. The molecule has 0 aliphatic heterocycles. The van der Waals surface area contributed by atoms with Gasteiger partial charge in [-0.2, -0.15) is 0 Å². The van der Waals surface area contributed by atoms with Crippen LogP contribution < -0.4 is 5.73 Å². The smallest absolute Gasteiger partial charge is 0.404 e. The number of aliphatic hydroxyl groups is 1. The number of halogens is 1. The number of rotatable bonds is 3. The van der Waals surface area contributed by atoms with E-state index in [-0.39, 0.29) is 6.61 Å². The Kier molecular flexibility index (Phi) is 3.73. The molecule has 0 bridgehead atoms. The van der Waals surface area contributed by atoms with Crippen molar-refractivity contribution < 1.29 is 14.6 Å². The molecule has 0 saturated carbocycles. The zero-order valence-corrected chi connectivity index (χ0v) is 8.07. The third-order valence-corrected chi connectivity index (χ3v) is 1.85. The van der Waals surface area contributed by atoms with Crippen molar-refractivity contribution in [1.82, 2.24) is 0 Å². The van der Waals surface area contributed by atoms with Gasteiger partial charge in [0.05, 0.1) is 0 Å². The first kappa shape index (κ1) is 10.8. The van der Waals surface area contributed by atoms with Crippen LogP contribution >= 0.6 is 11.6 Å². The first-order valence-electron chi connectivity index (χ1n) is 3.95. The molecule has 3 N–H and O–H groups in total. The number of benzene rings is 1. The van der Waals surface area contributed by atoms with E-state index in [2.05, 4.69) is 4.74 Å². The van der Waals surface area contributed by atoms with Crippen LogP contribution in [0.2, 0.25) is 5.02 Å². The number of ether oxygens (including phenoxy) is 1. The van der Waals surface area contributed by atoms with Crippen LogP contribution in [0.5, 0.6) is 0 Å². The minimum absolute atomic E-state index is 0.171. The van der Waals surface area contributed by atoms with E-state index in [1.54, 1.807) is 24.3 Å². The molecule has 0 aromatic heterocycles. The van der Waals surface area contributed by atoms with Crippen molar-refractivity contribution >= 4 is 17.7 Å². The molecule has 0 unspecified atom stereocenters. The van der Waals surface area contributed by atoms with Crippen LogP contribution in [-0.4, -0.2) is 17.8 Å². The molecule has 4 nitrogen and oxygen atoms in total. The van der Waals surface area contributed by atoms with Gasteiger partial charge >= 0.3 is 6.09 Å². The van der Waals surface area contributed by atoms with Gasteiger partial charge in [-0.1, -0.05) is 23.7 Å². The second kappa shape index (κ2) is 4.83. The number of primary amides is 1. The number of aliphatic hydroxyl groups excluding tert-OH is 1. The predicted molar refractivity (Wildman–Crippen MR) is 51.9 cm³/mol. The Hall–Kier alpha value is -1.26. The van der Waals surface area contributed by atoms with Crippen LogP contribution in [-0.2, 0) is 4.74 Å². The highest BCUT2D eigenvalue weighted by Crippen LogP contribution is 2.17. The second-order valence-corrected chi connectivity index (χ2v) is 3.14. The van der Waals surface area contributed by atoms with Crippen LogP contribution in [0.1, 0.15) is 11.7 Å². The highest BCUT2D eigenvalue weighted by atomic mass is 35.5. The number of nitrogens with two attached hydrogens (primary N) is 1. The molecular weight excluding hydrogens is 206 g/mol. The van der Waals surface area contributed by atoms with Gasteiger partial charge in [-0.25, -0.2) is 4.79 Å². The molecule has 14 heavy (non-hydrogen) atoms. The Morgan fingerprint density at radius 3 is 2.93 bits per heavy atom. The van der Waals surface area contributed by atoms with Gasteiger partial charge in [0, 0.05) is 5.02 Å². The Labute approximate surface area is 86.2 Å². The maximum absolute atomic E-state index is 10.3. The lowest BCUT2D eigenvalue weighted by molar-refractivity contribution is 0.0729. The molecule has 0 saturated heterocycles. The van der Waals surface area contributed by atoms with E-state index in [1.165, 1.54) is 0 Å². The normalized spacial score (nSPS) is 12.1. The van der Waals surface area contributed by atoms with E-state index in [9.17, 15) is 9.90 Å². The van der Waals surface area contributed by atoms with E-state index in [1.807, 2.05) is 0 Å². The summed E-state index contributed by atoms with van der Waals surface area (Å²) in [7, 11) is 0. The monoisotopic (exact) mass is 215 g/mol. The molecule has 5 heteroatoms. The van der Waals surface area contributed by atoms with E-state index in [0.29, 0.717) is 10.6 Å². The lowest BCUT2D eigenvalue weighted by Crippen LogP contribution is -2.17. The lowest BCUT2D eigenvalue weighted by Gasteiger charge is -2.10. The first-order valence-corrected chi connectivity index (χ1v) is 4.33. The summed E-state index contributed by atoms with van der Waals surface area (Å²) >= 11 is 5.71. The molecule has 0 heterocycles. The van der Waals surface area contributed by atoms with Crippen LogP contribution in [0, 0.1) is 0 Å². The molecule has 0 spiro atoms. The summed E-state index contributed by atoms with van der Waals surface area (Å²) in [5.41, 5.74) is 5.33. The van der Waals surface area contributed by atoms with E-state index >= 15 is 0 Å². The highest BCUT2D eigenvalue weighted by molar-refractivity contribution is 6.30. The zero-order valence-electron chi connectivity index (χ0n) is 7.31. The molecule has 76 valence electrons. The summed E-state index contributed by atoms with van der Waals surface area (Å²) in [6.45, 7) is -0.171. The van der Waals surface area contributed by atoms with E-state index in [4.69, 9.17) is 17.3 Å². The minimum atomic E-state index is -0.911. The van der Waals surface area contributed by atoms with Crippen molar-refractivity contribution in [3.05, 3.63) is 34.9 Å². The lowest BCUT2D eigenvalue weighted by atomic mass is 10.1. The van der Waals surface area contributed by atoms with E-state index in [0.717, 1.165) is 0 Å². The van der Waals surface area contributed by atoms with Gasteiger partial charge in [-0.05, 0) is 17.7 Å². The summed E-state index contributed by atoms with van der Waals surface area (Å²) in [5, 5.41) is 10.0. The summed E-state index contributed by atoms with van der Waals surface area (Å²) in [6.07, 6.45) is -1.81. The maximum atomic E-state index is 10.3. The topological polar surface area (TPSA) is 72.6 Å². The summed E-state index contributed by atoms with van der Waals surface area (Å²) in [6, 6.07) is 6.66. The largest absolute Gasteiger partial charge is 0.447 e. The third-order valence-electron chi connectivity index (χ3n) is 1.62. The Bertz CT molecular complexity index is 330. The van der Waals surface area contributed by atoms with Crippen molar-refractivity contribution in [3.8, 4) is 0 Å². The van der Waals surface area contributed by atoms with Gasteiger partial charge in [0.2, 0.25) is 0 Å². The van der Waals surface area contributed by atoms with Crippen LogP contribution in [0.4, 0.5) is 4.79 Å². The second-order valence-electron chi connectivity index (χ2n) is 2.70. The van der Waals surface area contributed by atoms with Gasteiger partial charge in [0.15, 0.2) is 0 Å². The number of hydrogen-bond acceptors (Lipinski definition) is 3. The maximum Gasteiger partial charge on any atom is 0.404 e. The molecule has 1 amide bonds. The van der Waals surface area contributed by atoms with Gasteiger partial charge in [-0.3, -0.25) is 0 Å². The molecular formula is C9H10ClNO3. The minimum Gasteiger partial charge on any atom is -0.447 e. The molecule has 0 aliphatic carbocycles. The van der Waals surface area contributed by atoms with Gasteiger partial charge in [-0.15, -0.1) is 0 Å². The SMILES string of the molecule is NC(=O)OC[C@H](O)c1cccc(Cl)c1. The van der Waals surface area contributed by atoms with Gasteiger partial charge < -0.3 is 15.6 Å². The summed E-state index contributed by atoms with van der Waals surface area (Å²) < 4.78 is 4.44. The molecule has 1 aromatic rings. The predicted octanol–water partition coefficient (Wildman–Crippen LogP) is 1.47. The number of carbonyl (C=O) groups excluding carboxylic acids is 1. The molecule has 1 atom stereocenters. The van der Waals surface area contributed by atoms with Gasteiger partial charge in [0.25, 0.3) is 0 Å². The molecule has 1 aromatic carbocycles. The van der Waals surface area contributed by atoms with Crippen molar-refractivity contribution in [2.75, 3.05) is 6.61 Å². The fraction of sp³-hybridized carbons (Fsp3) is 0.222. The Morgan fingerprint density at radius 1 is 1.64 bits per heavy atom. The molecule has 1 rings (SSSR count). The fourth-order valence-electron chi connectivity index (χ4n) is 0.971. The quantitative estimate of drug-likeness (QED) is 0.802. The fourth-order valence-corrected chi connectivity index (χ4v) is 1.17. The van der Waals surface area contributed by atoms with Crippen LogP contribution in [0.25, 0.3) is 0 Å². The number of amides is 1. The number of hydrogen-bond donors (Lipinski definition) is 2. The molecule has 0 fully saturated rings. The van der Waals surface area contributed by atoms with Gasteiger partial charge in [0.1, 0.15) is 12.7 Å². The third kappa shape index (κ3) is 3.24. The van der Waals surface area contributed by atoms with E-state index < -0.39 is 12.2 Å². The van der Waals surface area contributed by atoms with Crippen LogP contribution in [0.15, 0.2) is 24.3 Å². The highest BCUT2D eigenvalue weighted by Gasteiger charge is 2.09. The van der Waals surface area contributed by atoms with Crippen molar-refractivity contribution in [2.24, 2.45) is 5.73 Å². The molecule has 0 radical (unpaired) electrons. The Morgan fingerprint density at radius 2 is 2.36 bits per heavy atom. The standard InChI is InChI=1S/C9H10ClNO3/c10-7-3-1-2-6(4-7)8(12)5-14-9(11)13/h1-4,8,12H,5H2,(H2,11,13)/t8-/m0/s1. The Balaban J connectivity index is 2.60. The summed E-state index contributed by atoms with van der Waals surface area (Å²) in [4.78, 5) is 10.3. The average molecular weight is 216 g/mol.